The van der Waals surface area contributed by atoms with Gasteiger partial charge in [-0.2, -0.15) is 0 Å². The molecule has 0 aromatic carbocycles. The molecule has 0 aromatic rings. The van der Waals surface area contributed by atoms with Gasteiger partial charge in [0.2, 0.25) is 5.91 Å². The minimum Gasteiger partial charge on any atom is -0.338 e. The Morgan fingerprint density at radius 1 is 1.11 bits per heavy atom. The zero-order valence-corrected chi connectivity index (χ0v) is 12.7. The monoisotopic (exact) mass is 268 g/mol. The molecule has 1 fully saturated rings. The average Bonchev–Trinajstić information content (AvgIpc) is 2.93. The molecule has 0 aliphatic heterocycles. The van der Waals surface area contributed by atoms with E-state index in [-0.39, 0.29) is 0 Å². The van der Waals surface area contributed by atoms with E-state index in [4.69, 9.17) is 5.73 Å². The van der Waals surface area contributed by atoms with Crippen molar-refractivity contribution in [2.24, 2.45) is 5.73 Å². The molecule has 19 heavy (non-hydrogen) atoms. The summed E-state index contributed by atoms with van der Waals surface area (Å²) in [4.78, 5) is 14.3. The molecule has 1 saturated carbocycles. The molecule has 0 radical (unpaired) electrons. The number of hydrogen-bond acceptors (Lipinski definition) is 2. The van der Waals surface area contributed by atoms with Crippen molar-refractivity contribution in [3.63, 3.8) is 0 Å². The van der Waals surface area contributed by atoms with Crippen molar-refractivity contribution in [1.82, 2.24) is 4.90 Å². The van der Waals surface area contributed by atoms with Crippen molar-refractivity contribution in [2.75, 3.05) is 13.1 Å². The lowest BCUT2D eigenvalue weighted by Crippen LogP contribution is -2.41. The number of carbonyl (C=O) groups is 1. The third kappa shape index (κ3) is 6.42. The third-order valence-electron chi connectivity index (χ3n) is 4.20. The Morgan fingerprint density at radius 2 is 1.74 bits per heavy atom. The molecule has 0 spiro atoms. The minimum absolute atomic E-state index is 0.341. The predicted molar refractivity (Wildman–Crippen MR) is 81.0 cm³/mol. The summed E-state index contributed by atoms with van der Waals surface area (Å²) < 4.78 is 0. The number of unbranched alkanes of at least 4 members (excludes halogenated alkanes) is 5. The minimum atomic E-state index is 0.341. The standard InChI is InChI=1S/C16H32N2O/c1-2-3-4-5-6-7-12-16(19)18(14-13-17)15-10-8-9-11-15/h15H,2-14,17H2,1H3. The van der Waals surface area contributed by atoms with E-state index < -0.39 is 0 Å². The maximum atomic E-state index is 12.3. The van der Waals surface area contributed by atoms with Gasteiger partial charge < -0.3 is 10.6 Å². The van der Waals surface area contributed by atoms with E-state index in [0.29, 0.717) is 18.5 Å². The first-order chi connectivity index (χ1) is 9.29. The molecular weight excluding hydrogens is 236 g/mol. The summed E-state index contributed by atoms with van der Waals surface area (Å²) in [6.45, 7) is 3.58. The van der Waals surface area contributed by atoms with Crippen LogP contribution in [0.5, 0.6) is 0 Å². The first-order valence-corrected chi connectivity index (χ1v) is 8.29. The summed E-state index contributed by atoms with van der Waals surface area (Å²) in [5.41, 5.74) is 5.65. The Balaban J connectivity index is 2.20. The quantitative estimate of drug-likeness (QED) is 0.617. The van der Waals surface area contributed by atoms with Crippen LogP contribution in [0.2, 0.25) is 0 Å². The van der Waals surface area contributed by atoms with E-state index in [0.717, 1.165) is 19.4 Å². The van der Waals surface area contributed by atoms with Gasteiger partial charge in [-0.25, -0.2) is 0 Å². The fraction of sp³-hybridized carbons (Fsp3) is 0.938. The molecule has 2 N–H and O–H groups in total. The van der Waals surface area contributed by atoms with Crippen LogP contribution in [0, 0.1) is 0 Å². The van der Waals surface area contributed by atoms with Crippen LogP contribution in [0.1, 0.15) is 77.6 Å². The Kier molecular flexibility index (Phi) is 8.89. The highest BCUT2D eigenvalue weighted by Gasteiger charge is 2.25. The second-order valence-electron chi connectivity index (χ2n) is 5.83. The molecule has 0 bridgehead atoms. The fourth-order valence-corrected chi connectivity index (χ4v) is 3.07. The summed E-state index contributed by atoms with van der Waals surface area (Å²) >= 11 is 0. The van der Waals surface area contributed by atoms with E-state index in [9.17, 15) is 4.79 Å². The second-order valence-corrected chi connectivity index (χ2v) is 5.83. The van der Waals surface area contributed by atoms with Gasteiger partial charge in [-0.05, 0) is 19.3 Å². The molecule has 3 heteroatoms. The van der Waals surface area contributed by atoms with Gasteiger partial charge in [-0.1, -0.05) is 51.9 Å². The van der Waals surface area contributed by atoms with Crippen molar-refractivity contribution in [2.45, 2.75) is 83.6 Å². The molecule has 1 rings (SSSR count). The van der Waals surface area contributed by atoms with Crippen molar-refractivity contribution in [3.8, 4) is 0 Å². The summed E-state index contributed by atoms with van der Waals surface area (Å²) in [6.07, 6.45) is 13.1. The normalized spacial score (nSPS) is 15.9. The van der Waals surface area contributed by atoms with Gasteiger partial charge in [0.1, 0.15) is 0 Å². The lowest BCUT2D eigenvalue weighted by atomic mass is 10.1. The van der Waals surface area contributed by atoms with Crippen LogP contribution in [-0.4, -0.2) is 29.9 Å². The summed E-state index contributed by atoms with van der Waals surface area (Å²) in [5.74, 6) is 0.341. The average molecular weight is 268 g/mol. The van der Waals surface area contributed by atoms with E-state index >= 15 is 0 Å². The van der Waals surface area contributed by atoms with E-state index in [1.54, 1.807) is 0 Å². The molecule has 0 unspecified atom stereocenters. The Hall–Kier alpha value is -0.570. The predicted octanol–water partition coefficient (Wildman–Crippen LogP) is 3.47. The number of rotatable bonds is 10. The molecule has 1 amide bonds. The highest BCUT2D eigenvalue weighted by molar-refractivity contribution is 5.76. The highest BCUT2D eigenvalue weighted by atomic mass is 16.2. The third-order valence-corrected chi connectivity index (χ3v) is 4.20. The molecule has 0 atom stereocenters. The number of nitrogens with zero attached hydrogens (tertiary/aromatic N) is 1. The van der Waals surface area contributed by atoms with Crippen molar-refractivity contribution >= 4 is 5.91 Å². The topological polar surface area (TPSA) is 46.3 Å². The Labute approximate surface area is 118 Å². The molecular formula is C16H32N2O. The van der Waals surface area contributed by atoms with Gasteiger partial charge >= 0.3 is 0 Å². The van der Waals surface area contributed by atoms with Gasteiger partial charge in [0.15, 0.2) is 0 Å². The van der Waals surface area contributed by atoms with E-state index in [1.807, 2.05) is 0 Å². The van der Waals surface area contributed by atoms with Gasteiger partial charge in [-0.15, -0.1) is 0 Å². The van der Waals surface area contributed by atoms with Crippen LogP contribution in [0.15, 0.2) is 0 Å². The maximum absolute atomic E-state index is 12.3. The molecule has 3 nitrogen and oxygen atoms in total. The Bertz CT molecular complexity index is 237. The van der Waals surface area contributed by atoms with Crippen LogP contribution in [0.3, 0.4) is 0 Å². The maximum Gasteiger partial charge on any atom is 0.222 e. The zero-order valence-electron chi connectivity index (χ0n) is 12.7. The van der Waals surface area contributed by atoms with Gasteiger partial charge in [0.25, 0.3) is 0 Å². The summed E-state index contributed by atoms with van der Waals surface area (Å²) in [7, 11) is 0. The molecule has 0 saturated heterocycles. The molecule has 112 valence electrons. The number of amides is 1. The number of nitrogens with two attached hydrogens (primary N) is 1. The van der Waals surface area contributed by atoms with Gasteiger partial charge in [-0.3, -0.25) is 4.79 Å². The highest BCUT2D eigenvalue weighted by Crippen LogP contribution is 2.24. The second kappa shape index (κ2) is 10.2. The van der Waals surface area contributed by atoms with Crippen molar-refractivity contribution < 1.29 is 4.79 Å². The molecule has 0 aromatic heterocycles. The first kappa shape index (κ1) is 16.5. The lowest BCUT2D eigenvalue weighted by molar-refractivity contribution is -0.133. The smallest absolute Gasteiger partial charge is 0.222 e. The largest absolute Gasteiger partial charge is 0.338 e. The molecule has 1 aliphatic carbocycles. The van der Waals surface area contributed by atoms with E-state index in [2.05, 4.69) is 11.8 Å². The van der Waals surface area contributed by atoms with Crippen molar-refractivity contribution in [1.29, 1.82) is 0 Å². The SMILES string of the molecule is CCCCCCCCC(=O)N(CCN)C1CCCC1. The Morgan fingerprint density at radius 3 is 2.37 bits per heavy atom. The van der Waals surface area contributed by atoms with E-state index in [1.165, 1.54) is 57.8 Å². The van der Waals surface area contributed by atoms with Crippen LogP contribution < -0.4 is 5.73 Å². The van der Waals surface area contributed by atoms with Crippen molar-refractivity contribution in [3.05, 3.63) is 0 Å². The van der Waals surface area contributed by atoms with Crippen LogP contribution in [0.4, 0.5) is 0 Å². The summed E-state index contributed by atoms with van der Waals surface area (Å²) in [5, 5.41) is 0. The first-order valence-electron chi connectivity index (χ1n) is 8.29. The summed E-state index contributed by atoms with van der Waals surface area (Å²) in [6, 6.07) is 0.483. The number of hydrogen-bond donors (Lipinski definition) is 1. The lowest BCUT2D eigenvalue weighted by Gasteiger charge is -2.28. The van der Waals surface area contributed by atoms with Crippen LogP contribution in [-0.2, 0) is 4.79 Å². The zero-order chi connectivity index (χ0) is 13.9. The van der Waals surface area contributed by atoms with Gasteiger partial charge in [0.05, 0.1) is 0 Å². The van der Waals surface area contributed by atoms with Crippen LogP contribution >= 0.6 is 0 Å². The fourth-order valence-electron chi connectivity index (χ4n) is 3.07. The number of carbonyl (C=O) groups excluding carboxylic acids is 1. The van der Waals surface area contributed by atoms with Gasteiger partial charge in [0, 0.05) is 25.6 Å². The molecule has 1 aliphatic rings. The van der Waals surface area contributed by atoms with Crippen LogP contribution in [0.25, 0.3) is 0 Å². The molecule has 0 heterocycles.